The molecule has 2 aromatic carbocycles. The number of hydrogen-bond donors (Lipinski definition) is 1. The Kier molecular flexibility index (Phi) is 5.20. The fraction of sp³-hybridized carbons (Fsp3) is 0.167. The van der Waals surface area contributed by atoms with Crippen LogP contribution < -0.4 is 14.8 Å². The summed E-state index contributed by atoms with van der Waals surface area (Å²) in [6.45, 7) is 1.84. The second-order valence-electron chi connectivity index (χ2n) is 4.75. The van der Waals surface area contributed by atoms with E-state index in [0.29, 0.717) is 17.1 Å². The molecule has 0 heterocycles. The summed E-state index contributed by atoms with van der Waals surface area (Å²) in [6, 6.07) is 14.6. The van der Waals surface area contributed by atoms with E-state index in [1.54, 1.807) is 38.5 Å². The van der Waals surface area contributed by atoms with E-state index in [1.807, 2.05) is 37.3 Å². The van der Waals surface area contributed by atoms with Crippen molar-refractivity contribution in [2.75, 3.05) is 19.5 Å². The standard InChI is InChI=1S/C18H19NO3/c1-13(11-17(20)14-7-5-4-6-8-14)19-16-10-9-15(21-2)12-18(16)22-3/h4-12,19H,1-3H3/b13-11+. The molecule has 0 aliphatic carbocycles. The van der Waals surface area contributed by atoms with E-state index >= 15 is 0 Å². The number of carbonyl (C=O) groups is 1. The molecule has 0 bridgehead atoms. The summed E-state index contributed by atoms with van der Waals surface area (Å²) in [5.74, 6) is 1.32. The van der Waals surface area contributed by atoms with Gasteiger partial charge in [-0.25, -0.2) is 0 Å². The molecule has 22 heavy (non-hydrogen) atoms. The van der Waals surface area contributed by atoms with E-state index in [-0.39, 0.29) is 5.78 Å². The Morgan fingerprint density at radius 3 is 2.41 bits per heavy atom. The Morgan fingerprint density at radius 2 is 1.77 bits per heavy atom. The molecule has 0 aliphatic heterocycles. The van der Waals surface area contributed by atoms with Gasteiger partial charge in [-0.1, -0.05) is 30.3 Å². The van der Waals surface area contributed by atoms with Gasteiger partial charge in [-0.3, -0.25) is 4.79 Å². The molecule has 0 aliphatic rings. The molecule has 2 rings (SSSR count). The molecule has 0 saturated heterocycles. The van der Waals surface area contributed by atoms with Crippen molar-refractivity contribution in [3.05, 3.63) is 65.9 Å². The molecule has 0 radical (unpaired) electrons. The Bertz CT molecular complexity index is 678. The van der Waals surface area contributed by atoms with Crippen LogP contribution in [0, 0.1) is 0 Å². The van der Waals surface area contributed by atoms with Crippen molar-refractivity contribution < 1.29 is 14.3 Å². The van der Waals surface area contributed by atoms with Gasteiger partial charge in [0, 0.05) is 23.4 Å². The molecular formula is C18H19NO3. The average Bonchev–Trinajstić information content (AvgIpc) is 2.55. The summed E-state index contributed by atoms with van der Waals surface area (Å²) >= 11 is 0. The van der Waals surface area contributed by atoms with Crippen molar-refractivity contribution >= 4 is 11.5 Å². The van der Waals surface area contributed by atoms with Crippen LogP contribution in [-0.2, 0) is 0 Å². The molecule has 0 atom stereocenters. The van der Waals surface area contributed by atoms with Gasteiger partial charge in [0.05, 0.1) is 19.9 Å². The van der Waals surface area contributed by atoms with Gasteiger partial charge in [-0.2, -0.15) is 0 Å². The van der Waals surface area contributed by atoms with Gasteiger partial charge in [-0.15, -0.1) is 0 Å². The van der Waals surface area contributed by atoms with E-state index < -0.39 is 0 Å². The van der Waals surface area contributed by atoms with E-state index in [1.165, 1.54) is 0 Å². The average molecular weight is 297 g/mol. The molecule has 4 nitrogen and oxygen atoms in total. The van der Waals surface area contributed by atoms with Crippen LogP contribution in [0.4, 0.5) is 5.69 Å². The number of benzene rings is 2. The van der Waals surface area contributed by atoms with Crippen LogP contribution in [0.25, 0.3) is 0 Å². The molecular weight excluding hydrogens is 278 g/mol. The van der Waals surface area contributed by atoms with Gasteiger partial charge in [-0.05, 0) is 19.1 Å². The van der Waals surface area contributed by atoms with Crippen LogP contribution in [0.15, 0.2) is 60.3 Å². The van der Waals surface area contributed by atoms with Crippen LogP contribution in [-0.4, -0.2) is 20.0 Å². The number of nitrogens with one attached hydrogen (secondary N) is 1. The maximum absolute atomic E-state index is 12.1. The summed E-state index contributed by atoms with van der Waals surface area (Å²) in [7, 11) is 3.19. The molecule has 2 aromatic rings. The monoisotopic (exact) mass is 297 g/mol. The highest BCUT2D eigenvalue weighted by Gasteiger charge is 2.07. The quantitative estimate of drug-likeness (QED) is 0.649. The number of methoxy groups -OCH3 is 2. The number of allylic oxidation sites excluding steroid dienone is 2. The van der Waals surface area contributed by atoms with E-state index in [9.17, 15) is 4.79 Å². The molecule has 0 unspecified atom stereocenters. The maximum atomic E-state index is 12.1. The van der Waals surface area contributed by atoms with Crippen LogP contribution in [0.5, 0.6) is 11.5 Å². The van der Waals surface area contributed by atoms with Crippen molar-refractivity contribution in [1.29, 1.82) is 0 Å². The topological polar surface area (TPSA) is 47.6 Å². The highest BCUT2D eigenvalue weighted by atomic mass is 16.5. The van der Waals surface area contributed by atoms with Gasteiger partial charge in [0.15, 0.2) is 5.78 Å². The van der Waals surface area contributed by atoms with E-state index in [2.05, 4.69) is 5.32 Å². The Balaban J connectivity index is 2.16. The van der Waals surface area contributed by atoms with Gasteiger partial charge in [0.1, 0.15) is 11.5 Å². The maximum Gasteiger partial charge on any atom is 0.187 e. The van der Waals surface area contributed by atoms with Crippen molar-refractivity contribution in [3.63, 3.8) is 0 Å². The minimum Gasteiger partial charge on any atom is -0.497 e. The van der Waals surface area contributed by atoms with Crippen LogP contribution in [0.3, 0.4) is 0 Å². The zero-order valence-electron chi connectivity index (χ0n) is 12.9. The second-order valence-corrected chi connectivity index (χ2v) is 4.75. The summed E-state index contributed by atoms with van der Waals surface area (Å²) in [5, 5.41) is 3.17. The number of ether oxygens (including phenoxy) is 2. The lowest BCUT2D eigenvalue weighted by Crippen LogP contribution is -2.02. The first kappa shape index (κ1) is 15.6. The first-order chi connectivity index (χ1) is 10.6. The van der Waals surface area contributed by atoms with Gasteiger partial charge < -0.3 is 14.8 Å². The number of hydrogen-bond acceptors (Lipinski definition) is 4. The van der Waals surface area contributed by atoms with E-state index in [4.69, 9.17) is 9.47 Å². The lowest BCUT2D eigenvalue weighted by molar-refractivity contribution is 0.104. The summed E-state index contributed by atoms with van der Waals surface area (Å²) in [4.78, 5) is 12.1. The zero-order chi connectivity index (χ0) is 15.9. The van der Waals surface area contributed by atoms with Crippen LogP contribution >= 0.6 is 0 Å². The van der Waals surface area contributed by atoms with Crippen molar-refractivity contribution in [1.82, 2.24) is 0 Å². The molecule has 0 aromatic heterocycles. The molecule has 4 heteroatoms. The highest BCUT2D eigenvalue weighted by Crippen LogP contribution is 2.29. The molecule has 0 amide bonds. The van der Waals surface area contributed by atoms with Crippen molar-refractivity contribution in [2.45, 2.75) is 6.92 Å². The first-order valence-corrected chi connectivity index (χ1v) is 6.90. The zero-order valence-corrected chi connectivity index (χ0v) is 12.9. The Morgan fingerprint density at radius 1 is 1.05 bits per heavy atom. The number of rotatable bonds is 6. The van der Waals surface area contributed by atoms with Gasteiger partial charge in [0.25, 0.3) is 0 Å². The van der Waals surface area contributed by atoms with Crippen molar-refractivity contribution in [2.24, 2.45) is 0 Å². The Hall–Kier alpha value is -2.75. The Labute approximate surface area is 130 Å². The number of anilines is 1. The first-order valence-electron chi connectivity index (χ1n) is 6.90. The summed E-state index contributed by atoms with van der Waals surface area (Å²) in [6.07, 6.45) is 1.57. The SMILES string of the molecule is COc1ccc(N/C(C)=C/C(=O)c2ccccc2)c(OC)c1. The minimum absolute atomic E-state index is 0.0434. The summed E-state index contributed by atoms with van der Waals surface area (Å²) < 4.78 is 10.5. The predicted molar refractivity (Wildman–Crippen MR) is 87.7 cm³/mol. The fourth-order valence-corrected chi connectivity index (χ4v) is 2.03. The third kappa shape index (κ3) is 3.88. The van der Waals surface area contributed by atoms with Crippen LogP contribution in [0.1, 0.15) is 17.3 Å². The third-order valence-electron chi connectivity index (χ3n) is 3.15. The molecule has 114 valence electrons. The molecule has 0 spiro atoms. The summed E-state index contributed by atoms with van der Waals surface area (Å²) in [5.41, 5.74) is 2.17. The third-order valence-corrected chi connectivity index (χ3v) is 3.15. The van der Waals surface area contributed by atoms with Gasteiger partial charge >= 0.3 is 0 Å². The molecule has 0 saturated carbocycles. The van der Waals surface area contributed by atoms with Gasteiger partial charge in [0.2, 0.25) is 0 Å². The fourth-order valence-electron chi connectivity index (χ4n) is 2.03. The number of ketones is 1. The molecule has 1 N–H and O–H groups in total. The van der Waals surface area contributed by atoms with Crippen LogP contribution in [0.2, 0.25) is 0 Å². The molecule has 0 fully saturated rings. The highest BCUT2D eigenvalue weighted by molar-refractivity contribution is 6.05. The minimum atomic E-state index is -0.0434. The second kappa shape index (κ2) is 7.31. The lowest BCUT2D eigenvalue weighted by Gasteiger charge is -2.12. The largest absolute Gasteiger partial charge is 0.497 e. The normalized spacial score (nSPS) is 11.0. The number of carbonyl (C=O) groups excluding carboxylic acids is 1. The predicted octanol–water partition coefficient (Wildman–Crippen LogP) is 3.90. The van der Waals surface area contributed by atoms with E-state index in [0.717, 1.165) is 11.4 Å². The van der Waals surface area contributed by atoms with Crippen molar-refractivity contribution in [3.8, 4) is 11.5 Å². The lowest BCUT2D eigenvalue weighted by atomic mass is 10.1. The smallest absolute Gasteiger partial charge is 0.187 e.